The van der Waals surface area contributed by atoms with Crippen LogP contribution in [0.25, 0.3) is 0 Å². The first kappa shape index (κ1) is 17.9. The van der Waals surface area contributed by atoms with Crippen LogP contribution in [0.1, 0.15) is 36.0 Å². The quantitative estimate of drug-likeness (QED) is 0.766. The molecule has 1 aromatic carbocycles. The topological polar surface area (TPSA) is 113 Å². The van der Waals surface area contributed by atoms with Gasteiger partial charge in [-0.05, 0) is 31.0 Å². The maximum atomic E-state index is 12.7. The second-order valence-electron chi connectivity index (χ2n) is 6.46. The smallest absolute Gasteiger partial charge is 0.303 e. The van der Waals surface area contributed by atoms with Gasteiger partial charge in [-0.1, -0.05) is 0 Å². The standard InChI is InChI=1S/C18H20N2O6/c21-15-10-26-14-2-1-12(9-13(14)19-15)18(25)11-5-7-20(8-6-11)16(22)3-4-17(23)24/h1-2,9,11H,3-8,10H2,(H,19,21)(H,23,24). The van der Waals surface area contributed by atoms with Gasteiger partial charge in [-0.3, -0.25) is 19.2 Å². The number of fused-ring (bicyclic) bond motifs is 1. The highest BCUT2D eigenvalue weighted by molar-refractivity contribution is 6.01. The van der Waals surface area contributed by atoms with Gasteiger partial charge in [-0.25, -0.2) is 0 Å². The number of ether oxygens (including phenoxy) is 1. The van der Waals surface area contributed by atoms with Crippen molar-refractivity contribution in [3.05, 3.63) is 23.8 Å². The second-order valence-corrected chi connectivity index (χ2v) is 6.46. The molecule has 2 aliphatic heterocycles. The Hall–Kier alpha value is -2.90. The fraction of sp³-hybridized carbons (Fsp3) is 0.444. The number of carbonyl (C=O) groups is 4. The van der Waals surface area contributed by atoms with Crippen LogP contribution < -0.4 is 10.1 Å². The SMILES string of the molecule is O=C(O)CCC(=O)N1CCC(C(=O)c2ccc3c(c2)NC(=O)CO3)CC1. The molecule has 0 unspecified atom stereocenters. The lowest BCUT2D eigenvalue weighted by molar-refractivity contribution is -0.141. The first-order valence-electron chi connectivity index (χ1n) is 8.54. The summed E-state index contributed by atoms with van der Waals surface area (Å²) >= 11 is 0. The summed E-state index contributed by atoms with van der Waals surface area (Å²) in [4.78, 5) is 48.3. The van der Waals surface area contributed by atoms with Gasteiger partial charge < -0.3 is 20.1 Å². The van der Waals surface area contributed by atoms with E-state index >= 15 is 0 Å². The van der Waals surface area contributed by atoms with Crippen molar-refractivity contribution in [2.75, 3.05) is 25.0 Å². The molecule has 1 saturated heterocycles. The van der Waals surface area contributed by atoms with E-state index < -0.39 is 5.97 Å². The number of amides is 2. The van der Waals surface area contributed by atoms with Crippen LogP contribution in [0.4, 0.5) is 5.69 Å². The van der Waals surface area contributed by atoms with E-state index in [1.807, 2.05) is 0 Å². The van der Waals surface area contributed by atoms with Crippen molar-refractivity contribution in [3.8, 4) is 5.75 Å². The summed E-state index contributed by atoms with van der Waals surface area (Å²) in [6.07, 6.45) is 0.883. The minimum absolute atomic E-state index is 0.0154. The number of carbonyl (C=O) groups excluding carboxylic acids is 3. The largest absolute Gasteiger partial charge is 0.482 e. The zero-order valence-electron chi connectivity index (χ0n) is 14.2. The van der Waals surface area contributed by atoms with Crippen molar-refractivity contribution < 1.29 is 29.0 Å². The van der Waals surface area contributed by atoms with Gasteiger partial charge in [0.2, 0.25) is 5.91 Å². The van der Waals surface area contributed by atoms with Crippen LogP contribution in [-0.4, -0.2) is 53.3 Å². The number of likely N-dealkylation sites (tertiary alicyclic amines) is 1. The lowest BCUT2D eigenvalue weighted by Crippen LogP contribution is -2.40. The highest BCUT2D eigenvalue weighted by Crippen LogP contribution is 2.30. The van der Waals surface area contributed by atoms with Crippen molar-refractivity contribution in [2.24, 2.45) is 5.92 Å². The number of ketones is 1. The number of nitrogens with one attached hydrogen (secondary N) is 1. The van der Waals surface area contributed by atoms with Crippen LogP contribution in [0.5, 0.6) is 5.75 Å². The van der Waals surface area contributed by atoms with Crippen LogP contribution in [0, 0.1) is 5.92 Å². The maximum absolute atomic E-state index is 12.7. The van der Waals surface area contributed by atoms with E-state index in [1.165, 1.54) is 0 Å². The zero-order chi connectivity index (χ0) is 18.7. The summed E-state index contributed by atoms with van der Waals surface area (Å²) in [5.41, 5.74) is 0.999. The van der Waals surface area contributed by atoms with Gasteiger partial charge in [0.15, 0.2) is 12.4 Å². The van der Waals surface area contributed by atoms with E-state index in [-0.39, 0.29) is 43.0 Å². The lowest BCUT2D eigenvalue weighted by Gasteiger charge is -2.31. The Morgan fingerprint density at radius 3 is 2.62 bits per heavy atom. The summed E-state index contributed by atoms with van der Waals surface area (Å²) in [6, 6.07) is 4.98. The van der Waals surface area contributed by atoms with E-state index in [0.717, 1.165) is 0 Å². The first-order chi connectivity index (χ1) is 12.4. The highest BCUT2D eigenvalue weighted by atomic mass is 16.5. The van der Waals surface area contributed by atoms with E-state index in [1.54, 1.807) is 23.1 Å². The molecule has 0 radical (unpaired) electrons. The summed E-state index contributed by atoms with van der Waals surface area (Å²) in [5, 5.41) is 11.3. The first-order valence-corrected chi connectivity index (χ1v) is 8.54. The molecule has 3 rings (SSSR count). The number of nitrogens with zero attached hydrogens (tertiary/aromatic N) is 1. The molecule has 2 amide bonds. The minimum Gasteiger partial charge on any atom is -0.482 e. The molecule has 8 heteroatoms. The van der Waals surface area contributed by atoms with Crippen molar-refractivity contribution in [3.63, 3.8) is 0 Å². The van der Waals surface area contributed by atoms with Crippen molar-refractivity contribution in [1.82, 2.24) is 4.90 Å². The van der Waals surface area contributed by atoms with Gasteiger partial charge in [0, 0.05) is 31.0 Å². The predicted molar refractivity (Wildman–Crippen MR) is 91.1 cm³/mol. The van der Waals surface area contributed by atoms with E-state index in [0.29, 0.717) is 42.9 Å². The summed E-state index contributed by atoms with van der Waals surface area (Å²) < 4.78 is 5.29. The van der Waals surface area contributed by atoms with Crippen LogP contribution >= 0.6 is 0 Å². The zero-order valence-corrected chi connectivity index (χ0v) is 14.2. The molecule has 26 heavy (non-hydrogen) atoms. The molecule has 0 aliphatic carbocycles. The van der Waals surface area contributed by atoms with Gasteiger partial charge in [0.25, 0.3) is 5.91 Å². The minimum atomic E-state index is -0.994. The number of aliphatic carboxylic acids is 1. The lowest BCUT2D eigenvalue weighted by atomic mass is 9.88. The fourth-order valence-corrected chi connectivity index (χ4v) is 3.24. The number of carboxylic acids is 1. The monoisotopic (exact) mass is 360 g/mol. The molecule has 138 valence electrons. The van der Waals surface area contributed by atoms with Gasteiger partial charge in [-0.2, -0.15) is 0 Å². The summed E-state index contributed by atoms with van der Waals surface area (Å²) in [6.45, 7) is 0.855. The molecule has 0 atom stereocenters. The Balaban J connectivity index is 1.59. The van der Waals surface area contributed by atoms with Crippen molar-refractivity contribution in [2.45, 2.75) is 25.7 Å². The van der Waals surface area contributed by atoms with Crippen LogP contribution in [0.2, 0.25) is 0 Å². The Morgan fingerprint density at radius 2 is 1.92 bits per heavy atom. The molecule has 1 aromatic rings. The van der Waals surface area contributed by atoms with E-state index in [2.05, 4.69) is 5.32 Å². The Bertz CT molecular complexity index is 752. The van der Waals surface area contributed by atoms with E-state index in [4.69, 9.17) is 9.84 Å². The number of Topliss-reactive ketones (excluding diaryl/α,β-unsaturated/α-hetero) is 1. The van der Waals surface area contributed by atoms with Crippen molar-refractivity contribution in [1.29, 1.82) is 0 Å². The molecule has 2 aliphatic rings. The van der Waals surface area contributed by atoms with E-state index in [9.17, 15) is 19.2 Å². The molecule has 1 fully saturated rings. The molecule has 2 N–H and O–H groups in total. The normalized spacial score (nSPS) is 17.1. The second kappa shape index (κ2) is 7.55. The van der Waals surface area contributed by atoms with Gasteiger partial charge >= 0.3 is 5.97 Å². The number of benzene rings is 1. The van der Waals surface area contributed by atoms with Crippen LogP contribution in [-0.2, 0) is 14.4 Å². The third-order valence-corrected chi connectivity index (χ3v) is 4.67. The Labute approximate surface area is 150 Å². The number of hydrogen-bond acceptors (Lipinski definition) is 5. The summed E-state index contributed by atoms with van der Waals surface area (Å²) in [5.74, 6) is -1.11. The average Bonchev–Trinajstić information content (AvgIpc) is 2.65. The average molecular weight is 360 g/mol. The van der Waals surface area contributed by atoms with Crippen LogP contribution in [0.3, 0.4) is 0 Å². The Kier molecular flexibility index (Phi) is 5.20. The number of piperidine rings is 1. The molecular weight excluding hydrogens is 340 g/mol. The molecular formula is C18H20N2O6. The third-order valence-electron chi connectivity index (χ3n) is 4.67. The third kappa shape index (κ3) is 4.01. The van der Waals surface area contributed by atoms with Crippen LogP contribution in [0.15, 0.2) is 18.2 Å². The van der Waals surface area contributed by atoms with Gasteiger partial charge in [0.05, 0.1) is 12.1 Å². The predicted octanol–water partition coefficient (Wildman–Crippen LogP) is 1.30. The fourth-order valence-electron chi connectivity index (χ4n) is 3.24. The van der Waals surface area contributed by atoms with Gasteiger partial charge in [0.1, 0.15) is 5.75 Å². The van der Waals surface area contributed by atoms with Gasteiger partial charge in [-0.15, -0.1) is 0 Å². The molecule has 0 saturated carbocycles. The Morgan fingerprint density at radius 1 is 1.19 bits per heavy atom. The number of rotatable bonds is 5. The molecule has 0 spiro atoms. The molecule has 0 bridgehead atoms. The summed E-state index contributed by atoms with van der Waals surface area (Å²) in [7, 11) is 0. The number of anilines is 1. The number of hydrogen-bond donors (Lipinski definition) is 2. The molecule has 2 heterocycles. The number of carboxylic acid groups (broad SMARTS) is 1. The molecule has 8 nitrogen and oxygen atoms in total. The maximum Gasteiger partial charge on any atom is 0.303 e. The van der Waals surface area contributed by atoms with Crippen molar-refractivity contribution >= 4 is 29.3 Å². The molecule has 0 aromatic heterocycles. The highest BCUT2D eigenvalue weighted by Gasteiger charge is 2.29.